The molecule has 0 aliphatic heterocycles. The van der Waals surface area contributed by atoms with E-state index in [0.29, 0.717) is 6.04 Å². The molecular formula is C13H25N. The molecule has 0 aromatic carbocycles. The molecule has 0 saturated heterocycles. The summed E-state index contributed by atoms with van der Waals surface area (Å²) in [5, 5.41) is 3.60. The molecule has 14 heavy (non-hydrogen) atoms. The van der Waals surface area contributed by atoms with E-state index < -0.39 is 0 Å². The molecule has 0 aliphatic carbocycles. The Kier molecular flexibility index (Phi) is 10.2. The van der Waals surface area contributed by atoms with Crippen LogP contribution in [-0.2, 0) is 0 Å². The SMILES string of the molecule is CC#CCCC(CCCC)NCCC. The molecule has 0 aromatic heterocycles. The highest BCUT2D eigenvalue weighted by Gasteiger charge is 2.05. The highest BCUT2D eigenvalue weighted by molar-refractivity contribution is 4.95. The monoisotopic (exact) mass is 195 g/mol. The largest absolute Gasteiger partial charge is 0.314 e. The van der Waals surface area contributed by atoms with Gasteiger partial charge in [-0.2, -0.15) is 0 Å². The van der Waals surface area contributed by atoms with Crippen LogP contribution in [0.2, 0.25) is 0 Å². The van der Waals surface area contributed by atoms with Crippen molar-refractivity contribution in [1.82, 2.24) is 5.32 Å². The van der Waals surface area contributed by atoms with Crippen LogP contribution in [0, 0.1) is 11.8 Å². The van der Waals surface area contributed by atoms with Gasteiger partial charge in [-0.1, -0.05) is 26.7 Å². The second kappa shape index (κ2) is 10.6. The summed E-state index contributed by atoms with van der Waals surface area (Å²) in [4.78, 5) is 0. The fourth-order valence-corrected chi connectivity index (χ4v) is 1.52. The first-order chi connectivity index (χ1) is 6.85. The van der Waals surface area contributed by atoms with Crippen LogP contribution in [-0.4, -0.2) is 12.6 Å². The van der Waals surface area contributed by atoms with Gasteiger partial charge in [-0.3, -0.25) is 0 Å². The number of hydrogen-bond acceptors (Lipinski definition) is 1. The number of unbranched alkanes of at least 4 members (excludes halogenated alkanes) is 1. The third-order valence-electron chi connectivity index (χ3n) is 2.38. The van der Waals surface area contributed by atoms with Crippen molar-refractivity contribution in [1.29, 1.82) is 0 Å². The predicted molar refractivity (Wildman–Crippen MR) is 64.3 cm³/mol. The highest BCUT2D eigenvalue weighted by atomic mass is 14.9. The maximum Gasteiger partial charge on any atom is 0.0103 e. The lowest BCUT2D eigenvalue weighted by molar-refractivity contribution is 0.444. The van der Waals surface area contributed by atoms with Crippen molar-refractivity contribution < 1.29 is 0 Å². The molecule has 0 heterocycles. The van der Waals surface area contributed by atoms with Crippen LogP contribution in [0.1, 0.15) is 59.3 Å². The molecule has 82 valence electrons. The molecule has 0 amide bonds. The van der Waals surface area contributed by atoms with E-state index in [9.17, 15) is 0 Å². The van der Waals surface area contributed by atoms with Crippen LogP contribution in [0.15, 0.2) is 0 Å². The van der Waals surface area contributed by atoms with Crippen molar-refractivity contribution in [3.8, 4) is 11.8 Å². The second-order valence-electron chi connectivity index (χ2n) is 3.76. The summed E-state index contributed by atoms with van der Waals surface area (Å²) < 4.78 is 0. The standard InChI is InChI=1S/C13H25N/c1-4-7-9-11-13(10-8-5-2)14-12-6-3/h13-14H,5-6,8-12H2,1-3H3. The average Bonchev–Trinajstić information content (AvgIpc) is 2.21. The topological polar surface area (TPSA) is 12.0 Å². The smallest absolute Gasteiger partial charge is 0.0103 e. The maximum atomic E-state index is 3.60. The maximum absolute atomic E-state index is 3.60. The molecule has 1 heteroatoms. The summed E-state index contributed by atoms with van der Waals surface area (Å²) in [6.45, 7) is 7.53. The zero-order chi connectivity index (χ0) is 10.6. The summed E-state index contributed by atoms with van der Waals surface area (Å²) in [5.41, 5.74) is 0. The average molecular weight is 195 g/mol. The summed E-state index contributed by atoms with van der Waals surface area (Å²) in [6, 6.07) is 0.691. The molecule has 0 rings (SSSR count). The lowest BCUT2D eigenvalue weighted by Crippen LogP contribution is -2.29. The van der Waals surface area contributed by atoms with Gasteiger partial charge in [0.1, 0.15) is 0 Å². The molecule has 1 atom stereocenters. The van der Waals surface area contributed by atoms with Gasteiger partial charge in [0, 0.05) is 12.5 Å². The first-order valence-electron chi connectivity index (χ1n) is 5.98. The van der Waals surface area contributed by atoms with Gasteiger partial charge in [-0.25, -0.2) is 0 Å². The van der Waals surface area contributed by atoms with Crippen molar-refractivity contribution in [2.24, 2.45) is 0 Å². The minimum Gasteiger partial charge on any atom is -0.314 e. The number of nitrogens with one attached hydrogen (secondary N) is 1. The van der Waals surface area contributed by atoms with Gasteiger partial charge in [0.2, 0.25) is 0 Å². The van der Waals surface area contributed by atoms with E-state index in [1.54, 1.807) is 0 Å². The van der Waals surface area contributed by atoms with Crippen LogP contribution in [0.3, 0.4) is 0 Å². The molecular weight excluding hydrogens is 170 g/mol. The molecule has 1 N–H and O–H groups in total. The molecule has 0 fully saturated rings. The highest BCUT2D eigenvalue weighted by Crippen LogP contribution is 2.06. The Labute approximate surface area is 89.7 Å². The summed E-state index contributed by atoms with van der Waals surface area (Å²) in [5.74, 6) is 6.10. The van der Waals surface area contributed by atoms with E-state index in [0.717, 1.165) is 13.0 Å². The van der Waals surface area contributed by atoms with E-state index >= 15 is 0 Å². The van der Waals surface area contributed by atoms with Gasteiger partial charge in [0.15, 0.2) is 0 Å². The molecule has 0 aliphatic rings. The fourth-order valence-electron chi connectivity index (χ4n) is 1.52. The Morgan fingerprint density at radius 3 is 2.50 bits per heavy atom. The number of rotatable bonds is 8. The van der Waals surface area contributed by atoms with Gasteiger partial charge in [-0.05, 0) is 32.7 Å². The third kappa shape index (κ3) is 8.13. The lowest BCUT2D eigenvalue weighted by Gasteiger charge is -2.16. The van der Waals surface area contributed by atoms with E-state index in [-0.39, 0.29) is 0 Å². The Morgan fingerprint density at radius 2 is 1.93 bits per heavy atom. The van der Waals surface area contributed by atoms with Crippen molar-refractivity contribution in [3.63, 3.8) is 0 Å². The molecule has 0 bridgehead atoms. The van der Waals surface area contributed by atoms with Gasteiger partial charge in [0.25, 0.3) is 0 Å². The van der Waals surface area contributed by atoms with Crippen molar-refractivity contribution >= 4 is 0 Å². The van der Waals surface area contributed by atoms with Gasteiger partial charge in [0.05, 0.1) is 0 Å². The van der Waals surface area contributed by atoms with Crippen LogP contribution >= 0.6 is 0 Å². The van der Waals surface area contributed by atoms with Crippen molar-refractivity contribution in [2.45, 2.75) is 65.3 Å². The van der Waals surface area contributed by atoms with Gasteiger partial charge in [-0.15, -0.1) is 11.8 Å². The predicted octanol–water partition coefficient (Wildman–Crippen LogP) is 3.35. The van der Waals surface area contributed by atoms with Crippen LogP contribution in [0.4, 0.5) is 0 Å². The Balaban J connectivity index is 3.63. The van der Waals surface area contributed by atoms with Gasteiger partial charge < -0.3 is 5.32 Å². The normalized spacial score (nSPS) is 11.9. The summed E-state index contributed by atoms with van der Waals surface area (Å²) >= 11 is 0. The van der Waals surface area contributed by atoms with E-state index in [1.807, 2.05) is 6.92 Å². The lowest BCUT2D eigenvalue weighted by atomic mass is 10.0. The molecule has 0 saturated carbocycles. The minimum absolute atomic E-state index is 0.691. The third-order valence-corrected chi connectivity index (χ3v) is 2.38. The summed E-state index contributed by atoms with van der Waals surface area (Å²) in [6.07, 6.45) is 7.41. The quantitative estimate of drug-likeness (QED) is 0.586. The number of hydrogen-bond donors (Lipinski definition) is 1. The first kappa shape index (κ1) is 13.5. The summed E-state index contributed by atoms with van der Waals surface area (Å²) in [7, 11) is 0. The Bertz CT molecular complexity index is 156. The van der Waals surface area contributed by atoms with E-state index in [1.165, 1.54) is 32.1 Å². The van der Waals surface area contributed by atoms with Crippen LogP contribution < -0.4 is 5.32 Å². The Hall–Kier alpha value is -0.480. The van der Waals surface area contributed by atoms with Gasteiger partial charge >= 0.3 is 0 Å². The van der Waals surface area contributed by atoms with Crippen LogP contribution in [0.25, 0.3) is 0 Å². The van der Waals surface area contributed by atoms with Crippen molar-refractivity contribution in [2.75, 3.05) is 6.54 Å². The first-order valence-corrected chi connectivity index (χ1v) is 5.98. The van der Waals surface area contributed by atoms with Crippen molar-refractivity contribution in [3.05, 3.63) is 0 Å². The molecule has 1 unspecified atom stereocenters. The Morgan fingerprint density at radius 1 is 1.14 bits per heavy atom. The van der Waals surface area contributed by atoms with E-state index in [4.69, 9.17) is 0 Å². The molecule has 0 spiro atoms. The fraction of sp³-hybridized carbons (Fsp3) is 0.846. The molecule has 0 aromatic rings. The second-order valence-corrected chi connectivity index (χ2v) is 3.76. The minimum atomic E-state index is 0.691. The van der Waals surface area contributed by atoms with Crippen LogP contribution in [0.5, 0.6) is 0 Å². The van der Waals surface area contributed by atoms with E-state index in [2.05, 4.69) is 31.0 Å². The zero-order valence-electron chi connectivity index (χ0n) is 10.0. The molecule has 0 radical (unpaired) electrons. The zero-order valence-corrected chi connectivity index (χ0v) is 10.0. The molecule has 1 nitrogen and oxygen atoms in total.